The van der Waals surface area contributed by atoms with Crippen LogP contribution in [-0.2, 0) is 10.0 Å². The van der Waals surface area contributed by atoms with Crippen LogP contribution in [0.1, 0.15) is 25.7 Å². The fourth-order valence-corrected chi connectivity index (χ4v) is 2.75. The van der Waals surface area contributed by atoms with E-state index < -0.39 is 10.0 Å². The number of halogens is 1. The molecule has 0 aromatic heterocycles. The van der Waals surface area contributed by atoms with E-state index in [0.29, 0.717) is 13.0 Å². The zero-order valence-corrected chi connectivity index (χ0v) is 13.9. The standard InChI is InChI=1S/C13H20BrNO4S/c1-18-11-6-7-13(12(14)10-11)19-8-4-2-3-5-9-20(15,16)17/h6-7,10H,2-5,8-9H2,1H3,(H2,15,16,17). The summed E-state index contributed by atoms with van der Waals surface area (Å²) in [4.78, 5) is 0. The maximum Gasteiger partial charge on any atom is 0.209 e. The number of primary sulfonamides is 1. The predicted molar refractivity (Wildman–Crippen MR) is 82.6 cm³/mol. The molecule has 0 heterocycles. The summed E-state index contributed by atoms with van der Waals surface area (Å²) in [6.45, 7) is 0.598. The number of rotatable bonds is 9. The maximum atomic E-state index is 10.7. The zero-order valence-electron chi connectivity index (χ0n) is 11.5. The number of nitrogens with two attached hydrogens (primary N) is 1. The zero-order chi connectivity index (χ0) is 15.0. The first-order valence-electron chi connectivity index (χ1n) is 6.39. The average Bonchev–Trinajstić information content (AvgIpc) is 2.37. The Hall–Kier alpha value is -0.790. The van der Waals surface area contributed by atoms with E-state index in [0.717, 1.165) is 35.2 Å². The lowest BCUT2D eigenvalue weighted by Gasteiger charge is -2.09. The minimum absolute atomic E-state index is 0.0535. The van der Waals surface area contributed by atoms with E-state index in [1.165, 1.54) is 0 Å². The minimum Gasteiger partial charge on any atom is -0.497 e. The van der Waals surface area contributed by atoms with Crippen molar-refractivity contribution in [3.8, 4) is 11.5 Å². The second kappa shape index (κ2) is 8.49. The van der Waals surface area contributed by atoms with Crippen molar-refractivity contribution in [2.45, 2.75) is 25.7 Å². The molecule has 0 unspecified atom stereocenters. The lowest BCUT2D eigenvalue weighted by atomic mass is 10.2. The number of ether oxygens (including phenoxy) is 2. The second-order valence-electron chi connectivity index (χ2n) is 4.43. The van der Waals surface area contributed by atoms with Gasteiger partial charge in [-0.05, 0) is 47.0 Å². The Labute approximate surface area is 128 Å². The number of methoxy groups -OCH3 is 1. The van der Waals surface area contributed by atoms with E-state index in [1.54, 1.807) is 7.11 Å². The summed E-state index contributed by atoms with van der Waals surface area (Å²) in [7, 11) is -1.71. The Balaban J connectivity index is 2.18. The fraction of sp³-hybridized carbons (Fsp3) is 0.538. The Morgan fingerprint density at radius 2 is 1.90 bits per heavy atom. The van der Waals surface area contributed by atoms with Gasteiger partial charge in [0, 0.05) is 0 Å². The first-order valence-corrected chi connectivity index (χ1v) is 8.90. The topological polar surface area (TPSA) is 78.6 Å². The van der Waals surface area contributed by atoms with Crippen LogP contribution in [0.2, 0.25) is 0 Å². The van der Waals surface area contributed by atoms with Crippen LogP contribution >= 0.6 is 15.9 Å². The molecular formula is C13H20BrNO4S. The van der Waals surface area contributed by atoms with Crippen molar-refractivity contribution in [2.75, 3.05) is 19.5 Å². The van der Waals surface area contributed by atoms with Gasteiger partial charge in [0.1, 0.15) is 11.5 Å². The van der Waals surface area contributed by atoms with Crippen molar-refractivity contribution in [2.24, 2.45) is 5.14 Å². The van der Waals surface area contributed by atoms with E-state index >= 15 is 0 Å². The number of benzene rings is 1. The quantitative estimate of drug-likeness (QED) is 0.682. The molecule has 0 atom stereocenters. The molecule has 0 fully saturated rings. The summed E-state index contributed by atoms with van der Waals surface area (Å²) in [5, 5.41) is 4.92. The lowest BCUT2D eigenvalue weighted by molar-refractivity contribution is 0.302. The van der Waals surface area contributed by atoms with E-state index in [9.17, 15) is 8.42 Å². The molecular weight excluding hydrogens is 346 g/mol. The van der Waals surface area contributed by atoms with Crippen molar-refractivity contribution in [3.05, 3.63) is 22.7 Å². The van der Waals surface area contributed by atoms with Gasteiger partial charge in [-0.1, -0.05) is 12.8 Å². The van der Waals surface area contributed by atoms with E-state index in [4.69, 9.17) is 14.6 Å². The second-order valence-corrected chi connectivity index (χ2v) is 7.01. The summed E-state index contributed by atoms with van der Waals surface area (Å²) in [6.07, 6.45) is 3.24. The van der Waals surface area contributed by atoms with Gasteiger partial charge in [-0.2, -0.15) is 0 Å². The SMILES string of the molecule is COc1ccc(OCCCCCCS(N)(=O)=O)c(Br)c1. The van der Waals surface area contributed by atoms with Gasteiger partial charge < -0.3 is 9.47 Å². The van der Waals surface area contributed by atoms with Crippen molar-refractivity contribution in [1.82, 2.24) is 0 Å². The molecule has 1 aromatic carbocycles. The van der Waals surface area contributed by atoms with Gasteiger partial charge in [-0.15, -0.1) is 0 Å². The Bertz CT molecular complexity index is 519. The highest BCUT2D eigenvalue weighted by molar-refractivity contribution is 9.10. The molecule has 5 nitrogen and oxygen atoms in total. The third-order valence-corrected chi connectivity index (χ3v) is 4.20. The van der Waals surface area contributed by atoms with Gasteiger partial charge in [-0.25, -0.2) is 13.6 Å². The van der Waals surface area contributed by atoms with Crippen LogP contribution in [0.3, 0.4) is 0 Å². The number of hydrogen-bond donors (Lipinski definition) is 1. The average molecular weight is 366 g/mol. The van der Waals surface area contributed by atoms with Gasteiger partial charge in [0.25, 0.3) is 0 Å². The molecule has 0 aliphatic rings. The minimum atomic E-state index is -3.32. The normalized spacial score (nSPS) is 11.3. The monoisotopic (exact) mass is 365 g/mol. The van der Waals surface area contributed by atoms with Crippen LogP contribution in [0.5, 0.6) is 11.5 Å². The molecule has 0 aliphatic heterocycles. The molecule has 114 valence electrons. The van der Waals surface area contributed by atoms with Crippen LogP contribution < -0.4 is 14.6 Å². The first-order chi connectivity index (χ1) is 9.42. The van der Waals surface area contributed by atoms with E-state index in [1.807, 2.05) is 18.2 Å². The van der Waals surface area contributed by atoms with Gasteiger partial charge in [0.2, 0.25) is 10.0 Å². The molecule has 0 aliphatic carbocycles. The number of unbranched alkanes of at least 4 members (excludes halogenated alkanes) is 3. The molecule has 1 rings (SSSR count). The van der Waals surface area contributed by atoms with Crippen molar-refractivity contribution >= 4 is 26.0 Å². The van der Waals surface area contributed by atoms with Crippen LogP contribution in [0.4, 0.5) is 0 Å². The molecule has 2 N–H and O–H groups in total. The Kier molecular flexibility index (Phi) is 7.32. The smallest absolute Gasteiger partial charge is 0.209 e. The first kappa shape index (κ1) is 17.3. The molecule has 0 spiro atoms. The lowest BCUT2D eigenvalue weighted by Crippen LogP contribution is -2.16. The van der Waals surface area contributed by atoms with Gasteiger partial charge in [-0.3, -0.25) is 0 Å². The Morgan fingerprint density at radius 3 is 2.50 bits per heavy atom. The highest BCUT2D eigenvalue weighted by atomic mass is 79.9. The molecule has 0 radical (unpaired) electrons. The third kappa shape index (κ3) is 7.12. The van der Waals surface area contributed by atoms with Crippen molar-refractivity contribution in [1.29, 1.82) is 0 Å². The van der Waals surface area contributed by atoms with E-state index in [-0.39, 0.29) is 5.75 Å². The predicted octanol–water partition coefficient (Wildman–Crippen LogP) is 2.69. The van der Waals surface area contributed by atoms with Crippen LogP contribution in [0, 0.1) is 0 Å². The van der Waals surface area contributed by atoms with Gasteiger partial charge in [0.15, 0.2) is 0 Å². The summed E-state index contributed by atoms with van der Waals surface area (Å²) in [5.41, 5.74) is 0. The molecule has 0 amide bonds. The van der Waals surface area contributed by atoms with Crippen LogP contribution in [0.25, 0.3) is 0 Å². The number of hydrogen-bond acceptors (Lipinski definition) is 4. The fourth-order valence-electron chi connectivity index (χ4n) is 1.67. The largest absolute Gasteiger partial charge is 0.497 e. The maximum absolute atomic E-state index is 10.7. The molecule has 7 heteroatoms. The van der Waals surface area contributed by atoms with Crippen molar-refractivity contribution < 1.29 is 17.9 Å². The highest BCUT2D eigenvalue weighted by Gasteiger charge is 2.04. The third-order valence-electron chi connectivity index (χ3n) is 2.72. The molecule has 0 bridgehead atoms. The summed E-state index contributed by atoms with van der Waals surface area (Å²) < 4.78 is 33.1. The molecule has 20 heavy (non-hydrogen) atoms. The van der Waals surface area contributed by atoms with Crippen molar-refractivity contribution in [3.63, 3.8) is 0 Å². The van der Waals surface area contributed by atoms with Gasteiger partial charge >= 0.3 is 0 Å². The van der Waals surface area contributed by atoms with Crippen LogP contribution in [0.15, 0.2) is 22.7 Å². The number of sulfonamides is 1. The summed E-state index contributed by atoms with van der Waals surface area (Å²) in [6, 6.07) is 5.54. The van der Waals surface area contributed by atoms with Crippen LogP contribution in [-0.4, -0.2) is 27.9 Å². The highest BCUT2D eigenvalue weighted by Crippen LogP contribution is 2.29. The van der Waals surface area contributed by atoms with E-state index in [2.05, 4.69) is 15.9 Å². The molecule has 0 saturated carbocycles. The van der Waals surface area contributed by atoms with Gasteiger partial charge in [0.05, 0.1) is 23.9 Å². The summed E-state index contributed by atoms with van der Waals surface area (Å²) in [5.74, 6) is 1.60. The molecule has 1 aromatic rings. The molecule has 0 saturated heterocycles. The summed E-state index contributed by atoms with van der Waals surface area (Å²) >= 11 is 3.42. The Morgan fingerprint density at radius 1 is 1.20 bits per heavy atom.